The van der Waals surface area contributed by atoms with Gasteiger partial charge in [-0.2, -0.15) is 0 Å². The summed E-state index contributed by atoms with van der Waals surface area (Å²) in [5, 5.41) is 2.60. The fourth-order valence-electron chi connectivity index (χ4n) is 1.95. The number of carbonyl (C=O) groups is 2. The molecule has 1 aromatic heterocycles. The van der Waals surface area contributed by atoms with Crippen LogP contribution in [0.1, 0.15) is 31.1 Å². The molecular formula is C18H21N3O4. The van der Waals surface area contributed by atoms with Crippen molar-refractivity contribution in [3.63, 3.8) is 0 Å². The number of nitrogens with one attached hydrogen (secondary N) is 1. The maximum absolute atomic E-state index is 11.5. The number of alkyl carbamates (subject to hydrolysis) is 1. The Hall–Kier alpha value is -2.96. The van der Waals surface area contributed by atoms with E-state index in [9.17, 15) is 9.59 Å². The van der Waals surface area contributed by atoms with E-state index in [1.165, 1.54) is 6.20 Å². The van der Waals surface area contributed by atoms with Crippen molar-refractivity contribution in [1.82, 2.24) is 15.3 Å². The Balaban J connectivity index is 1.89. The lowest BCUT2D eigenvalue weighted by atomic mass is 10.1. The van der Waals surface area contributed by atoms with Gasteiger partial charge in [0.25, 0.3) is 0 Å². The first-order valence-electron chi connectivity index (χ1n) is 7.85. The minimum atomic E-state index is -0.541. The average molecular weight is 343 g/mol. The number of hydrogen-bond donors (Lipinski definition) is 1. The molecule has 0 spiro atoms. The van der Waals surface area contributed by atoms with E-state index in [2.05, 4.69) is 15.3 Å². The van der Waals surface area contributed by atoms with Gasteiger partial charge in [-0.25, -0.2) is 9.78 Å². The van der Waals surface area contributed by atoms with E-state index in [0.717, 1.165) is 11.8 Å². The molecule has 7 heteroatoms. The highest BCUT2D eigenvalue weighted by Gasteiger charge is 2.15. The molecule has 0 aliphatic heterocycles. The van der Waals surface area contributed by atoms with Gasteiger partial charge >= 0.3 is 6.09 Å². The first kappa shape index (κ1) is 18.4. The summed E-state index contributed by atoms with van der Waals surface area (Å²) in [6, 6.07) is 7.06. The monoisotopic (exact) mass is 343 g/mol. The molecule has 0 saturated carbocycles. The van der Waals surface area contributed by atoms with Gasteiger partial charge in [0.1, 0.15) is 18.5 Å². The summed E-state index contributed by atoms with van der Waals surface area (Å²) in [6.07, 6.45) is 3.36. The second-order valence-electron chi connectivity index (χ2n) is 6.26. The molecule has 7 nitrogen and oxygen atoms in total. The molecular weight excluding hydrogens is 322 g/mol. The minimum Gasteiger partial charge on any atom is -0.475 e. The lowest BCUT2D eigenvalue weighted by Crippen LogP contribution is -2.34. The molecule has 0 atom stereocenters. The first-order chi connectivity index (χ1) is 11.9. The average Bonchev–Trinajstić information content (AvgIpc) is 2.57. The number of hydrogen-bond acceptors (Lipinski definition) is 6. The minimum absolute atomic E-state index is 0.228. The van der Waals surface area contributed by atoms with Crippen LogP contribution in [0.3, 0.4) is 0 Å². The van der Waals surface area contributed by atoms with Crippen LogP contribution >= 0.6 is 0 Å². The summed E-state index contributed by atoms with van der Waals surface area (Å²) in [5.41, 5.74) is 1.39. The van der Waals surface area contributed by atoms with Crippen molar-refractivity contribution in [3.05, 3.63) is 42.2 Å². The van der Waals surface area contributed by atoms with E-state index < -0.39 is 11.7 Å². The van der Waals surface area contributed by atoms with E-state index in [1.54, 1.807) is 45.2 Å². The standard InChI is InChI=1S/C18H21N3O4/c1-18(2,3)25-17(23)20-7-8-24-16-11-19-10-15(21-16)14-6-4-5-13(9-14)12-22/h4-6,9-12H,7-8H2,1-3H3,(H,20,23). The summed E-state index contributed by atoms with van der Waals surface area (Å²) in [4.78, 5) is 30.8. The third-order valence-electron chi connectivity index (χ3n) is 2.95. The van der Waals surface area contributed by atoms with Gasteiger partial charge < -0.3 is 14.8 Å². The SMILES string of the molecule is CC(C)(C)OC(=O)NCCOc1cncc(-c2cccc(C=O)c2)n1. The fraction of sp³-hybridized carbons (Fsp3) is 0.333. The fourth-order valence-corrected chi connectivity index (χ4v) is 1.95. The van der Waals surface area contributed by atoms with Crippen LogP contribution in [-0.4, -0.2) is 41.1 Å². The molecule has 132 valence electrons. The molecule has 0 fully saturated rings. The topological polar surface area (TPSA) is 90.4 Å². The molecule has 0 radical (unpaired) electrons. The largest absolute Gasteiger partial charge is 0.475 e. The molecule has 1 N–H and O–H groups in total. The maximum Gasteiger partial charge on any atom is 0.407 e. The molecule has 25 heavy (non-hydrogen) atoms. The second-order valence-corrected chi connectivity index (χ2v) is 6.26. The van der Waals surface area contributed by atoms with Gasteiger partial charge in [-0.05, 0) is 26.8 Å². The number of aromatic nitrogens is 2. The Bertz CT molecular complexity index is 741. The molecule has 0 saturated heterocycles. The highest BCUT2D eigenvalue weighted by molar-refractivity contribution is 5.78. The molecule has 1 heterocycles. The van der Waals surface area contributed by atoms with Crippen LogP contribution in [0.25, 0.3) is 11.3 Å². The second kappa shape index (κ2) is 8.23. The van der Waals surface area contributed by atoms with E-state index >= 15 is 0 Å². The molecule has 0 bridgehead atoms. The molecule has 1 amide bonds. The van der Waals surface area contributed by atoms with Crippen molar-refractivity contribution >= 4 is 12.4 Å². The summed E-state index contributed by atoms with van der Waals surface area (Å²) < 4.78 is 10.6. The Morgan fingerprint density at radius 3 is 2.80 bits per heavy atom. The van der Waals surface area contributed by atoms with Crippen LogP contribution in [0.15, 0.2) is 36.7 Å². The summed E-state index contributed by atoms with van der Waals surface area (Å²) >= 11 is 0. The smallest absolute Gasteiger partial charge is 0.407 e. The Labute approximate surface area is 146 Å². The maximum atomic E-state index is 11.5. The summed E-state index contributed by atoms with van der Waals surface area (Å²) in [6.45, 7) is 5.89. The van der Waals surface area contributed by atoms with Crippen LogP contribution < -0.4 is 10.1 Å². The van der Waals surface area contributed by atoms with Crippen LogP contribution in [0, 0.1) is 0 Å². The zero-order valence-corrected chi connectivity index (χ0v) is 14.5. The Morgan fingerprint density at radius 1 is 1.28 bits per heavy atom. The quantitative estimate of drug-likeness (QED) is 0.641. The van der Waals surface area contributed by atoms with Crippen LogP contribution in [0.4, 0.5) is 4.79 Å². The number of benzene rings is 1. The van der Waals surface area contributed by atoms with Crippen molar-refractivity contribution in [1.29, 1.82) is 0 Å². The Kier molecular flexibility index (Phi) is 6.05. The predicted octanol–water partition coefficient (Wildman–Crippen LogP) is 2.86. The van der Waals surface area contributed by atoms with Gasteiger partial charge in [-0.1, -0.05) is 18.2 Å². The van der Waals surface area contributed by atoms with Gasteiger partial charge in [0, 0.05) is 11.1 Å². The zero-order valence-electron chi connectivity index (χ0n) is 14.5. The van der Waals surface area contributed by atoms with E-state index in [4.69, 9.17) is 9.47 Å². The zero-order chi connectivity index (χ0) is 18.3. The molecule has 2 rings (SSSR count). The molecule has 2 aromatic rings. The number of rotatable bonds is 6. The van der Waals surface area contributed by atoms with Gasteiger partial charge in [0.15, 0.2) is 0 Å². The van der Waals surface area contributed by atoms with E-state index in [-0.39, 0.29) is 13.2 Å². The van der Waals surface area contributed by atoms with Crippen LogP contribution in [0.2, 0.25) is 0 Å². The number of amides is 1. The predicted molar refractivity (Wildman–Crippen MR) is 92.6 cm³/mol. The van der Waals surface area contributed by atoms with Crippen molar-refractivity contribution in [3.8, 4) is 17.1 Å². The highest BCUT2D eigenvalue weighted by Crippen LogP contribution is 2.19. The van der Waals surface area contributed by atoms with Gasteiger partial charge in [-0.15, -0.1) is 0 Å². The van der Waals surface area contributed by atoms with Gasteiger partial charge in [0.2, 0.25) is 5.88 Å². The number of carbonyl (C=O) groups excluding carboxylic acids is 2. The molecule has 0 aliphatic carbocycles. The van der Waals surface area contributed by atoms with Crippen molar-refractivity contribution in [2.75, 3.05) is 13.2 Å². The number of ether oxygens (including phenoxy) is 2. The number of aldehydes is 1. The molecule has 0 aliphatic rings. The van der Waals surface area contributed by atoms with Crippen molar-refractivity contribution < 1.29 is 19.1 Å². The first-order valence-corrected chi connectivity index (χ1v) is 7.85. The third kappa shape index (κ3) is 6.21. The number of nitrogens with zero attached hydrogens (tertiary/aromatic N) is 2. The Morgan fingerprint density at radius 2 is 2.08 bits per heavy atom. The normalized spacial score (nSPS) is 10.8. The highest BCUT2D eigenvalue weighted by atomic mass is 16.6. The van der Waals surface area contributed by atoms with Crippen molar-refractivity contribution in [2.45, 2.75) is 26.4 Å². The lowest BCUT2D eigenvalue weighted by Gasteiger charge is -2.19. The van der Waals surface area contributed by atoms with Gasteiger partial charge in [-0.3, -0.25) is 9.78 Å². The van der Waals surface area contributed by atoms with E-state index in [1.807, 2.05) is 6.07 Å². The van der Waals surface area contributed by atoms with Gasteiger partial charge in [0.05, 0.1) is 24.6 Å². The van der Waals surface area contributed by atoms with Crippen LogP contribution in [-0.2, 0) is 4.74 Å². The van der Waals surface area contributed by atoms with E-state index in [0.29, 0.717) is 17.1 Å². The summed E-state index contributed by atoms with van der Waals surface area (Å²) in [5.74, 6) is 0.333. The summed E-state index contributed by atoms with van der Waals surface area (Å²) in [7, 11) is 0. The lowest BCUT2D eigenvalue weighted by molar-refractivity contribution is 0.0519. The molecule has 0 unspecified atom stereocenters. The third-order valence-corrected chi connectivity index (χ3v) is 2.95. The van der Waals surface area contributed by atoms with Crippen LogP contribution in [0.5, 0.6) is 5.88 Å². The van der Waals surface area contributed by atoms with Crippen molar-refractivity contribution in [2.24, 2.45) is 0 Å². The molecule has 1 aromatic carbocycles.